The van der Waals surface area contributed by atoms with Crippen LogP contribution < -0.4 is 5.32 Å². The van der Waals surface area contributed by atoms with Gasteiger partial charge in [0.05, 0.1) is 12.2 Å². The van der Waals surface area contributed by atoms with E-state index < -0.39 is 17.5 Å². The average molecular weight is 277 g/mol. The lowest BCUT2D eigenvalue weighted by atomic mass is 10.2. The predicted octanol–water partition coefficient (Wildman–Crippen LogP) is 1.81. The summed E-state index contributed by atoms with van der Waals surface area (Å²) in [5, 5.41) is 11.8. The van der Waals surface area contributed by atoms with E-state index in [-0.39, 0.29) is 12.1 Å². The van der Waals surface area contributed by atoms with E-state index in [9.17, 15) is 9.18 Å². The summed E-state index contributed by atoms with van der Waals surface area (Å²) in [5.74, 6) is -0.979. The number of halogens is 1. The summed E-state index contributed by atoms with van der Waals surface area (Å²) >= 11 is 0. The maximum atomic E-state index is 13.2. The summed E-state index contributed by atoms with van der Waals surface area (Å²) in [6, 6.07) is 3.52. The molecule has 20 heavy (non-hydrogen) atoms. The first kappa shape index (κ1) is 14.0. The Hall–Kier alpha value is -2.37. The number of phenols is 1. The second-order valence-corrected chi connectivity index (χ2v) is 4.61. The van der Waals surface area contributed by atoms with Crippen LogP contribution in [0.2, 0.25) is 0 Å². The van der Waals surface area contributed by atoms with Crippen LogP contribution in [0.1, 0.15) is 27.6 Å². The monoisotopic (exact) mass is 277 g/mol. The Balaban J connectivity index is 2.08. The number of carbonyl (C=O) groups excluding carboxylic acids is 1. The average Bonchev–Trinajstić information content (AvgIpc) is 2.66. The molecular weight excluding hydrogens is 261 g/mol. The molecule has 2 aromatic rings. The van der Waals surface area contributed by atoms with Crippen LogP contribution in [0.15, 0.2) is 18.2 Å². The summed E-state index contributed by atoms with van der Waals surface area (Å²) in [6.07, 6.45) is 0. The number of aromatic hydroxyl groups is 1. The van der Waals surface area contributed by atoms with E-state index in [0.29, 0.717) is 0 Å². The standard InChI is InChI=1S/C14H16FN3O2/c1-8-9(2)18(3)13(17-8)7-16-14(20)10-4-5-12(19)11(15)6-10/h4-6,19H,7H2,1-3H3,(H,16,20). The molecule has 0 aliphatic rings. The Morgan fingerprint density at radius 3 is 2.70 bits per heavy atom. The van der Waals surface area contributed by atoms with Gasteiger partial charge >= 0.3 is 0 Å². The van der Waals surface area contributed by atoms with Crippen LogP contribution in [0, 0.1) is 19.7 Å². The Labute approximate surface area is 116 Å². The quantitative estimate of drug-likeness (QED) is 0.899. The number of imidazole rings is 1. The fourth-order valence-corrected chi connectivity index (χ4v) is 1.85. The number of carbonyl (C=O) groups is 1. The van der Waals surface area contributed by atoms with Crippen LogP contribution in [0.5, 0.6) is 5.75 Å². The van der Waals surface area contributed by atoms with Gasteiger partial charge in [-0.3, -0.25) is 4.79 Å². The number of aromatic nitrogens is 2. The summed E-state index contributed by atoms with van der Waals surface area (Å²) in [7, 11) is 1.87. The molecule has 2 rings (SSSR count). The molecule has 0 unspecified atom stereocenters. The first-order valence-corrected chi connectivity index (χ1v) is 6.15. The SMILES string of the molecule is Cc1nc(CNC(=O)c2ccc(O)c(F)c2)n(C)c1C. The molecule has 1 aromatic heterocycles. The number of phenolic OH excluding ortho intramolecular Hbond substituents is 1. The van der Waals surface area contributed by atoms with Gasteiger partial charge in [0.15, 0.2) is 11.6 Å². The molecule has 106 valence electrons. The van der Waals surface area contributed by atoms with Crippen molar-refractivity contribution in [1.29, 1.82) is 0 Å². The molecule has 0 saturated heterocycles. The third-order valence-corrected chi connectivity index (χ3v) is 3.33. The number of hydrogen-bond donors (Lipinski definition) is 2. The number of amides is 1. The van der Waals surface area contributed by atoms with Gasteiger partial charge < -0.3 is 15.0 Å². The van der Waals surface area contributed by atoms with Gasteiger partial charge in [0.2, 0.25) is 0 Å². The molecule has 0 atom stereocenters. The summed E-state index contributed by atoms with van der Waals surface area (Å²) in [5.41, 5.74) is 2.10. The van der Waals surface area contributed by atoms with Crippen molar-refractivity contribution < 1.29 is 14.3 Å². The van der Waals surface area contributed by atoms with Gasteiger partial charge in [-0.1, -0.05) is 0 Å². The molecule has 2 N–H and O–H groups in total. The van der Waals surface area contributed by atoms with Gasteiger partial charge in [-0.2, -0.15) is 0 Å². The Bertz CT molecular complexity index is 665. The van der Waals surface area contributed by atoms with Crippen molar-refractivity contribution in [3.8, 4) is 5.75 Å². The molecule has 5 nitrogen and oxygen atoms in total. The second-order valence-electron chi connectivity index (χ2n) is 4.61. The minimum atomic E-state index is -0.818. The van der Waals surface area contributed by atoms with Crippen molar-refractivity contribution in [1.82, 2.24) is 14.9 Å². The Kier molecular flexibility index (Phi) is 3.74. The highest BCUT2D eigenvalue weighted by molar-refractivity contribution is 5.94. The normalized spacial score (nSPS) is 10.6. The summed E-state index contributed by atoms with van der Waals surface area (Å²) < 4.78 is 15.1. The van der Waals surface area contributed by atoms with Crippen LogP contribution >= 0.6 is 0 Å². The minimum Gasteiger partial charge on any atom is -0.505 e. The zero-order chi connectivity index (χ0) is 14.9. The van der Waals surface area contributed by atoms with E-state index in [1.807, 2.05) is 25.5 Å². The van der Waals surface area contributed by atoms with Gasteiger partial charge in [0.1, 0.15) is 5.82 Å². The lowest BCUT2D eigenvalue weighted by Crippen LogP contribution is -2.24. The van der Waals surface area contributed by atoms with Crippen LogP contribution in [0.3, 0.4) is 0 Å². The van der Waals surface area contributed by atoms with Gasteiger partial charge in [0, 0.05) is 18.3 Å². The summed E-state index contributed by atoms with van der Waals surface area (Å²) in [4.78, 5) is 16.2. The molecule has 1 heterocycles. The van der Waals surface area contributed by atoms with Crippen molar-refractivity contribution in [3.05, 3.63) is 46.8 Å². The smallest absolute Gasteiger partial charge is 0.251 e. The van der Waals surface area contributed by atoms with E-state index in [0.717, 1.165) is 29.3 Å². The Morgan fingerprint density at radius 2 is 2.15 bits per heavy atom. The topological polar surface area (TPSA) is 67.2 Å². The van der Waals surface area contributed by atoms with Crippen LogP contribution in [-0.4, -0.2) is 20.6 Å². The number of rotatable bonds is 3. The highest BCUT2D eigenvalue weighted by Gasteiger charge is 2.12. The van der Waals surface area contributed by atoms with Gasteiger partial charge in [-0.05, 0) is 32.0 Å². The molecule has 0 spiro atoms. The van der Waals surface area contributed by atoms with Crippen LogP contribution in [0.4, 0.5) is 4.39 Å². The molecule has 0 bridgehead atoms. The van der Waals surface area contributed by atoms with Crippen molar-refractivity contribution in [2.45, 2.75) is 20.4 Å². The van der Waals surface area contributed by atoms with E-state index in [1.165, 1.54) is 6.07 Å². The number of nitrogens with one attached hydrogen (secondary N) is 1. The lowest BCUT2D eigenvalue weighted by Gasteiger charge is -2.06. The molecule has 0 aliphatic heterocycles. The molecular formula is C14H16FN3O2. The third-order valence-electron chi connectivity index (χ3n) is 3.33. The number of hydrogen-bond acceptors (Lipinski definition) is 3. The molecule has 0 saturated carbocycles. The second kappa shape index (κ2) is 5.32. The van der Waals surface area contributed by atoms with E-state index in [4.69, 9.17) is 5.11 Å². The minimum absolute atomic E-state index is 0.156. The van der Waals surface area contributed by atoms with Gasteiger partial charge in [-0.25, -0.2) is 9.37 Å². The molecule has 6 heteroatoms. The fraction of sp³-hybridized carbons (Fsp3) is 0.286. The van der Waals surface area contributed by atoms with Crippen LogP contribution in [0.25, 0.3) is 0 Å². The van der Waals surface area contributed by atoms with E-state index in [1.54, 1.807) is 0 Å². The predicted molar refractivity (Wildman–Crippen MR) is 71.9 cm³/mol. The first-order valence-electron chi connectivity index (χ1n) is 6.15. The van der Waals surface area contributed by atoms with E-state index in [2.05, 4.69) is 10.3 Å². The van der Waals surface area contributed by atoms with Crippen molar-refractivity contribution in [2.24, 2.45) is 7.05 Å². The van der Waals surface area contributed by atoms with Crippen LogP contribution in [-0.2, 0) is 13.6 Å². The zero-order valence-electron chi connectivity index (χ0n) is 11.6. The highest BCUT2D eigenvalue weighted by atomic mass is 19.1. The largest absolute Gasteiger partial charge is 0.505 e. The Morgan fingerprint density at radius 1 is 1.45 bits per heavy atom. The van der Waals surface area contributed by atoms with Crippen molar-refractivity contribution in [3.63, 3.8) is 0 Å². The molecule has 1 aromatic carbocycles. The van der Waals surface area contributed by atoms with Crippen molar-refractivity contribution in [2.75, 3.05) is 0 Å². The zero-order valence-corrected chi connectivity index (χ0v) is 11.6. The number of benzene rings is 1. The van der Waals surface area contributed by atoms with Gasteiger partial charge in [-0.15, -0.1) is 0 Å². The highest BCUT2D eigenvalue weighted by Crippen LogP contribution is 2.16. The van der Waals surface area contributed by atoms with Gasteiger partial charge in [0.25, 0.3) is 5.91 Å². The molecule has 0 fully saturated rings. The summed E-state index contributed by atoms with van der Waals surface area (Å²) in [6.45, 7) is 4.10. The molecule has 1 amide bonds. The lowest BCUT2D eigenvalue weighted by molar-refractivity contribution is 0.0949. The number of aryl methyl sites for hydroxylation is 1. The van der Waals surface area contributed by atoms with E-state index >= 15 is 0 Å². The molecule has 0 aliphatic carbocycles. The first-order chi connectivity index (χ1) is 9.40. The van der Waals surface area contributed by atoms with Crippen molar-refractivity contribution >= 4 is 5.91 Å². The molecule has 0 radical (unpaired) electrons. The third kappa shape index (κ3) is 2.64. The maximum absolute atomic E-state index is 13.2. The maximum Gasteiger partial charge on any atom is 0.251 e. The number of nitrogens with zero attached hydrogens (tertiary/aromatic N) is 2. The fourth-order valence-electron chi connectivity index (χ4n) is 1.85.